The minimum atomic E-state index is -3.62. The second-order valence-electron chi connectivity index (χ2n) is 4.73. The van der Waals surface area contributed by atoms with Crippen LogP contribution in [0.25, 0.3) is 0 Å². The Hall–Kier alpha value is -0.900. The van der Waals surface area contributed by atoms with E-state index in [1.807, 2.05) is 0 Å². The fourth-order valence-electron chi connectivity index (χ4n) is 2.74. The van der Waals surface area contributed by atoms with Crippen LogP contribution in [-0.2, 0) is 33.4 Å². The van der Waals surface area contributed by atoms with Gasteiger partial charge in [0, 0.05) is 0 Å². The van der Waals surface area contributed by atoms with Gasteiger partial charge >= 0.3 is 5.97 Å². The summed E-state index contributed by atoms with van der Waals surface area (Å²) in [5, 5.41) is -0.977. The van der Waals surface area contributed by atoms with Crippen molar-refractivity contribution in [2.75, 3.05) is 5.75 Å². The van der Waals surface area contributed by atoms with Crippen LogP contribution in [0.2, 0.25) is 0 Å². The number of rotatable bonds is 4. The Kier molecular flexibility index (Phi) is 3.39. The predicted octanol–water partition coefficient (Wildman–Crippen LogP) is -0.388. The standard InChI is InChI=1S/C11H12O7S2/c1-2-8(13)19-4-7(12)17-9-5-3-6-10(16-5)11(9)18-20(6,14)15/h2,5-6,9-11H,1,3-4H2. The molecule has 3 aliphatic heterocycles. The molecular weight excluding hydrogens is 308 g/mol. The van der Waals surface area contributed by atoms with E-state index < -0.39 is 45.8 Å². The molecule has 0 amide bonds. The number of thioether (sulfide) groups is 1. The minimum Gasteiger partial charge on any atom is -0.456 e. The maximum absolute atomic E-state index is 11.7. The lowest BCUT2D eigenvalue weighted by atomic mass is 9.94. The molecule has 0 aliphatic carbocycles. The molecule has 9 heteroatoms. The van der Waals surface area contributed by atoms with Gasteiger partial charge in [0.25, 0.3) is 10.1 Å². The monoisotopic (exact) mass is 320 g/mol. The highest BCUT2D eigenvalue weighted by Gasteiger charge is 2.67. The molecule has 3 aliphatic rings. The molecule has 5 unspecified atom stereocenters. The summed E-state index contributed by atoms with van der Waals surface area (Å²) in [6, 6.07) is 0. The fourth-order valence-corrected chi connectivity index (χ4v) is 4.83. The van der Waals surface area contributed by atoms with Crippen LogP contribution < -0.4 is 0 Å². The van der Waals surface area contributed by atoms with E-state index in [2.05, 4.69) is 6.58 Å². The van der Waals surface area contributed by atoms with Crippen molar-refractivity contribution in [1.82, 2.24) is 0 Å². The van der Waals surface area contributed by atoms with E-state index >= 15 is 0 Å². The lowest BCUT2D eigenvalue weighted by Gasteiger charge is -2.21. The summed E-state index contributed by atoms with van der Waals surface area (Å²) in [6.07, 6.45) is -1.09. The molecule has 7 nitrogen and oxygen atoms in total. The molecule has 110 valence electrons. The number of hydrogen-bond acceptors (Lipinski definition) is 8. The quantitative estimate of drug-likeness (QED) is 0.393. The fraction of sp³-hybridized carbons (Fsp3) is 0.636. The Morgan fingerprint density at radius 1 is 1.40 bits per heavy atom. The molecule has 0 aromatic rings. The van der Waals surface area contributed by atoms with Crippen LogP contribution in [0.5, 0.6) is 0 Å². The minimum absolute atomic E-state index is 0.151. The Balaban J connectivity index is 1.62. The molecule has 2 bridgehead atoms. The van der Waals surface area contributed by atoms with Gasteiger partial charge in [0.15, 0.2) is 6.10 Å². The molecule has 3 heterocycles. The molecule has 0 aromatic heterocycles. The highest BCUT2D eigenvalue weighted by molar-refractivity contribution is 8.14. The van der Waals surface area contributed by atoms with E-state index in [-0.39, 0.29) is 17.3 Å². The number of esters is 1. The van der Waals surface area contributed by atoms with Gasteiger partial charge in [0.1, 0.15) is 17.5 Å². The molecule has 3 rings (SSSR count). The van der Waals surface area contributed by atoms with Crippen molar-refractivity contribution < 1.29 is 31.7 Å². The number of fused-ring (bicyclic) bond motifs is 1. The first-order chi connectivity index (χ1) is 9.42. The molecule has 0 radical (unpaired) electrons. The number of hydrogen-bond donors (Lipinski definition) is 0. The third-order valence-electron chi connectivity index (χ3n) is 3.56. The first-order valence-electron chi connectivity index (χ1n) is 5.98. The normalized spacial score (nSPS) is 39.7. The first-order valence-corrected chi connectivity index (χ1v) is 8.44. The van der Waals surface area contributed by atoms with E-state index in [0.717, 1.165) is 17.8 Å². The van der Waals surface area contributed by atoms with Crippen molar-refractivity contribution in [2.24, 2.45) is 0 Å². The average molecular weight is 320 g/mol. The van der Waals surface area contributed by atoms with Crippen LogP contribution in [0.4, 0.5) is 0 Å². The van der Waals surface area contributed by atoms with Crippen molar-refractivity contribution in [3.8, 4) is 0 Å². The molecule has 3 fully saturated rings. The second-order valence-corrected chi connectivity index (χ2v) is 7.50. The zero-order chi connectivity index (χ0) is 14.5. The van der Waals surface area contributed by atoms with Crippen LogP contribution >= 0.6 is 11.8 Å². The van der Waals surface area contributed by atoms with Gasteiger partial charge in [-0.2, -0.15) is 8.42 Å². The van der Waals surface area contributed by atoms with Gasteiger partial charge in [0.05, 0.1) is 11.9 Å². The molecular formula is C11H12O7S2. The number of carbonyl (C=O) groups excluding carboxylic acids is 2. The average Bonchev–Trinajstić information content (AvgIpc) is 3.00. The summed E-state index contributed by atoms with van der Waals surface area (Å²) in [4.78, 5) is 22.6. The van der Waals surface area contributed by atoms with Crippen LogP contribution in [0, 0.1) is 0 Å². The second kappa shape index (κ2) is 4.83. The predicted molar refractivity (Wildman–Crippen MR) is 68.4 cm³/mol. The SMILES string of the molecule is C=CC(=O)SCC(=O)OC1C2CC3C(O2)C1OS3(=O)=O. The Bertz CT molecular complexity index is 569. The third kappa shape index (κ3) is 2.18. The van der Waals surface area contributed by atoms with Gasteiger partial charge in [-0.05, 0) is 12.5 Å². The van der Waals surface area contributed by atoms with Crippen LogP contribution in [0.1, 0.15) is 6.42 Å². The van der Waals surface area contributed by atoms with E-state index in [9.17, 15) is 18.0 Å². The smallest absolute Gasteiger partial charge is 0.316 e. The molecule has 5 atom stereocenters. The van der Waals surface area contributed by atoms with Crippen LogP contribution in [0.15, 0.2) is 12.7 Å². The summed E-state index contributed by atoms with van der Waals surface area (Å²) in [5.41, 5.74) is 0. The summed E-state index contributed by atoms with van der Waals surface area (Å²) in [6.45, 7) is 3.29. The topological polar surface area (TPSA) is 96.0 Å². The molecule has 0 spiro atoms. The van der Waals surface area contributed by atoms with Crippen molar-refractivity contribution >= 4 is 33.0 Å². The Morgan fingerprint density at radius 2 is 2.15 bits per heavy atom. The van der Waals surface area contributed by atoms with Crippen molar-refractivity contribution in [3.63, 3.8) is 0 Å². The molecule has 20 heavy (non-hydrogen) atoms. The van der Waals surface area contributed by atoms with Crippen LogP contribution in [-0.4, -0.2) is 54.9 Å². The third-order valence-corrected chi connectivity index (χ3v) is 6.08. The molecule has 0 saturated carbocycles. The van der Waals surface area contributed by atoms with Crippen LogP contribution in [0.3, 0.4) is 0 Å². The Morgan fingerprint density at radius 3 is 2.85 bits per heavy atom. The van der Waals surface area contributed by atoms with Gasteiger partial charge < -0.3 is 9.47 Å². The summed E-state index contributed by atoms with van der Waals surface area (Å²) >= 11 is 0.776. The van der Waals surface area contributed by atoms with E-state index in [0.29, 0.717) is 0 Å². The zero-order valence-electron chi connectivity index (χ0n) is 10.3. The number of ether oxygens (including phenoxy) is 2. The van der Waals surface area contributed by atoms with Crippen molar-refractivity contribution in [3.05, 3.63) is 12.7 Å². The van der Waals surface area contributed by atoms with Gasteiger partial charge in [-0.1, -0.05) is 18.3 Å². The van der Waals surface area contributed by atoms with Gasteiger partial charge in [-0.25, -0.2) is 0 Å². The molecule has 3 saturated heterocycles. The van der Waals surface area contributed by atoms with Crippen molar-refractivity contribution in [1.29, 1.82) is 0 Å². The Labute approximate surface area is 119 Å². The largest absolute Gasteiger partial charge is 0.456 e. The van der Waals surface area contributed by atoms with E-state index in [1.165, 1.54) is 0 Å². The van der Waals surface area contributed by atoms with Gasteiger partial charge in [0.2, 0.25) is 5.12 Å². The molecule has 0 N–H and O–H groups in total. The zero-order valence-corrected chi connectivity index (χ0v) is 11.9. The number of carbonyl (C=O) groups is 2. The van der Waals surface area contributed by atoms with Gasteiger partial charge in [-0.3, -0.25) is 13.8 Å². The molecule has 0 aromatic carbocycles. The van der Waals surface area contributed by atoms with Gasteiger partial charge in [-0.15, -0.1) is 0 Å². The summed E-state index contributed by atoms with van der Waals surface area (Å²) in [7, 11) is -3.62. The lowest BCUT2D eigenvalue weighted by Crippen LogP contribution is -2.41. The highest BCUT2D eigenvalue weighted by Crippen LogP contribution is 2.47. The van der Waals surface area contributed by atoms with E-state index in [4.69, 9.17) is 13.7 Å². The maximum atomic E-state index is 11.7. The first kappa shape index (κ1) is 14.1. The highest BCUT2D eigenvalue weighted by atomic mass is 32.2. The summed E-state index contributed by atoms with van der Waals surface area (Å²) < 4.78 is 39.0. The van der Waals surface area contributed by atoms with E-state index in [1.54, 1.807) is 0 Å². The lowest BCUT2D eigenvalue weighted by molar-refractivity contribution is -0.151. The maximum Gasteiger partial charge on any atom is 0.316 e. The summed E-state index contributed by atoms with van der Waals surface area (Å²) in [5.74, 6) is -0.752. The van der Waals surface area contributed by atoms with Crippen molar-refractivity contribution in [2.45, 2.75) is 36.1 Å².